The molecule has 0 amide bonds. The van der Waals surface area contributed by atoms with Gasteiger partial charge in [-0.1, -0.05) is 64.1 Å². The molecule has 0 aliphatic carbocycles. The zero-order chi connectivity index (χ0) is 26.0. The van der Waals surface area contributed by atoms with E-state index in [1.807, 2.05) is 18.5 Å². The Bertz CT molecular complexity index is 1910. The number of aromatic nitrogens is 3. The van der Waals surface area contributed by atoms with E-state index in [2.05, 4.69) is 98.3 Å². The molecule has 0 radical (unpaired) electrons. The van der Waals surface area contributed by atoms with Gasteiger partial charge in [-0.25, -0.2) is 4.98 Å². The first-order valence-electron chi connectivity index (χ1n) is 13.5. The minimum absolute atomic E-state index is 0.381. The van der Waals surface area contributed by atoms with Crippen LogP contribution >= 0.6 is 0 Å². The number of nitrogens with zero attached hydrogens (tertiary/aromatic N) is 3. The third kappa shape index (κ3) is 3.63. The van der Waals surface area contributed by atoms with E-state index in [1.165, 1.54) is 43.9 Å². The summed E-state index contributed by atoms with van der Waals surface area (Å²) in [5.74, 6) is 1.84. The Morgan fingerprint density at radius 1 is 0.711 bits per heavy atom. The Morgan fingerprint density at radius 3 is 2.21 bits per heavy atom. The van der Waals surface area contributed by atoms with Crippen molar-refractivity contribution in [3.8, 4) is 22.4 Å². The van der Waals surface area contributed by atoms with Crippen LogP contribution in [0.1, 0.15) is 45.0 Å². The highest BCUT2D eigenvalue weighted by atomic mass is 14.9. The van der Waals surface area contributed by atoms with E-state index in [-0.39, 0.29) is 0 Å². The summed E-state index contributed by atoms with van der Waals surface area (Å²) in [5, 5.41) is 6.05. The molecular weight excluding hydrogens is 464 g/mol. The number of aromatic amines is 1. The summed E-state index contributed by atoms with van der Waals surface area (Å²) in [5.41, 5.74) is 9.36. The molecule has 0 atom stereocenters. The lowest BCUT2D eigenvalue weighted by molar-refractivity contribution is 0.795. The van der Waals surface area contributed by atoms with Gasteiger partial charge >= 0.3 is 0 Å². The molecule has 0 unspecified atom stereocenters. The number of benzene rings is 4. The van der Waals surface area contributed by atoms with E-state index in [0.717, 1.165) is 40.1 Å². The molecule has 0 saturated heterocycles. The summed E-state index contributed by atoms with van der Waals surface area (Å²) in [6.45, 7) is 8.76. The summed E-state index contributed by atoms with van der Waals surface area (Å²) in [4.78, 5) is 17.9. The van der Waals surface area contributed by atoms with Gasteiger partial charge in [-0.15, -0.1) is 0 Å². The number of fused-ring (bicyclic) bond motifs is 7. The second-order valence-electron chi connectivity index (χ2n) is 11.0. The Balaban J connectivity index is 1.32. The summed E-state index contributed by atoms with van der Waals surface area (Å²) in [6, 6.07) is 24.4. The van der Waals surface area contributed by atoms with Crippen molar-refractivity contribution < 1.29 is 0 Å². The van der Waals surface area contributed by atoms with E-state index in [4.69, 9.17) is 9.98 Å². The first-order chi connectivity index (χ1) is 18.5. The fourth-order valence-corrected chi connectivity index (χ4v) is 5.66. The normalized spacial score (nSPS) is 13.3. The smallest absolute Gasteiger partial charge is 0.109 e. The molecule has 7 rings (SSSR count). The summed E-state index contributed by atoms with van der Waals surface area (Å²) in [7, 11) is 0. The molecule has 0 bridgehead atoms. The second kappa shape index (κ2) is 8.63. The van der Waals surface area contributed by atoms with Crippen molar-refractivity contribution in [3.05, 3.63) is 90.5 Å². The van der Waals surface area contributed by atoms with Gasteiger partial charge in [-0.3, -0.25) is 9.98 Å². The van der Waals surface area contributed by atoms with Crippen LogP contribution in [0.25, 0.3) is 54.8 Å². The third-order valence-electron chi connectivity index (χ3n) is 7.86. The van der Waals surface area contributed by atoms with Crippen LogP contribution in [0, 0.1) is 5.92 Å². The molecule has 1 aliphatic rings. The molecule has 0 saturated carbocycles. The molecule has 186 valence electrons. The van der Waals surface area contributed by atoms with Crippen LogP contribution in [0.2, 0.25) is 0 Å². The minimum atomic E-state index is 0.381. The standard InChI is InChI=1S/C34H30N4/c1-19(2)30-17-29-26-12-11-24(16-28(26)32-27(33(29)37-30)6-5-13-35-32)22-7-8-23-15-25(10-9-21(23)14-22)31-18-36-34(38-31)20(3)4/h5-16,18-20H,17H2,1-4H3,(H,36,38). The summed E-state index contributed by atoms with van der Waals surface area (Å²) >= 11 is 0. The molecule has 1 N–H and O–H groups in total. The number of H-pyrrole nitrogens is 1. The Hall–Kier alpha value is -4.31. The zero-order valence-electron chi connectivity index (χ0n) is 22.2. The largest absolute Gasteiger partial charge is 0.342 e. The lowest BCUT2D eigenvalue weighted by Gasteiger charge is -2.12. The highest BCUT2D eigenvalue weighted by Crippen LogP contribution is 2.43. The lowest BCUT2D eigenvalue weighted by atomic mass is 9.92. The number of imidazole rings is 1. The van der Waals surface area contributed by atoms with Crippen LogP contribution < -0.4 is 0 Å². The number of pyridine rings is 1. The van der Waals surface area contributed by atoms with Gasteiger partial charge in [0.15, 0.2) is 0 Å². The minimum Gasteiger partial charge on any atom is -0.342 e. The van der Waals surface area contributed by atoms with E-state index in [9.17, 15) is 0 Å². The SMILES string of the molecule is CC(C)C1=Nc2c(c3ccc(-c4ccc5cc(-c6cnc(C(C)C)[nH]6)ccc5c4)cc3c3ncccc23)C1. The average molecular weight is 495 g/mol. The molecule has 0 fully saturated rings. The Morgan fingerprint density at radius 2 is 1.45 bits per heavy atom. The average Bonchev–Trinajstić information content (AvgIpc) is 3.61. The van der Waals surface area contributed by atoms with Gasteiger partial charge in [-0.2, -0.15) is 0 Å². The molecule has 1 aliphatic heterocycles. The number of hydrogen-bond donors (Lipinski definition) is 1. The number of aliphatic imine (C=N–C) groups is 1. The molecule has 6 aromatic rings. The van der Waals surface area contributed by atoms with Gasteiger partial charge in [0, 0.05) is 40.6 Å². The van der Waals surface area contributed by atoms with Gasteiger partial charge in [0.2, 0.25) is 0 Å². The van der Waals surface area contributed by atoms with Gasteiger partial charge in [-0.05, 0) is 69.1 Å². The fraction of sp³-hybridized carbons (Fsp3) is 0.206. The van der Waals surface area contributed by atoms with Crippen molar-refractivity contribution in [2.45, 2.75) is 40.0 Å². The topological polar surface area (TPSA) is 53.9 Å². The Labute approximate surface area is 222 Å². The number of rotatable bonds is 4. The second-order valence-corrected chi connectivity index (χ2v) is 11.0. The van der Waals surface area contributed by atoms with Crippen molar-refractivity contribution in [3.63, 3.8) is 0 Å². The zero-order valence-corrected chi connectivity index (χ0v) is 22.2. The maximum Gasteiger partial charge on any atom is 0.109 e. The molecule has 4 aromatic carbocycles. The lowest BCUT2D eigenvalue weighted by Crippen LogP contribution is -2.06. The van der Waals surface area contributed by atoms with Gasteiger partial charge in [0.05, 0.1) is 23.1 Å². The van der Waals surface area contributed by atoms with Crippen molar-refractivity contribution in [1.82, 2.24) is 15.0 Å². The molecule has 4 heteroatoms. The van der Waals surface area contributed by atoms with Crippen LogP contribution in [0.3, 0.4) is 0 Å². The van der Waals surface area contributed by atoms with Crippen LogP contribution in [0.5, 0.6) is 0 Å². The molecule has 3 heterocycles. The third-order valence-corrected chi connectivity index (χ3v) is 7.86. The monoisotopic (exact) mass is 494 g/mol. The Kier molecular flexibility index (Phi) is 5.19. The molecule has 2 aromatic heterocycles. The van der Waals surface area contributed by atoms with Crippen LogP contribution in [-0.4, -0.2) is 20.7 Å². The molecule has 0 spiro atoms. The first kappa shape index (κ1) is 22.9. The van der Waals surface area contributed by atoms with E-state index in [1.54, 1.807) is 0 Å². The fourth-order valence-electron chi connectivity index (χ4n) is 5.66. The van der Waals surface area contributed by atoms with E-state index < -0.39 is 0 Å². The molecule has 4 nitrogen and oxygen atoms in total. The highest BCUT2D eigenvalue weighted by molar-refractivity contribution is 6.17. The van der Waals surface area contributed by atoms with Crippen LogP contribution in [-0.2, 0) is 6.42 Å². The van der Waals surface area contributed by atoms with Crippen molar-refractivity contribution in [2.75, 3.05) is 0 Å². The van der Waals surface area contributed by atoms with Crippen molar-refractivity contribution in [1.29, 1.82) is 0 Å². The van der Waals surface area contributed by atoms with Crippen LogP contribution in [0.4, 0.5) is 5.69 Å². The predicted molar refractivity (Wildman–Crippen MR) is 159 cm³/mol. The summed E-state index contributed by atoms with van der Waals surface area (Å²) in [6.07, 6.45) is 4.74. The van der Waals surface area contributed by atoms with E-state index in [0.29, 0.717) is 11.8 Å². The quantitative estimate of drug-likeness (QED) is 0.249. The summed E-state index contributed by atoms with van der Waals surface area (Å²) < 4.78 is 0. The van der Waals surface area contributed by atoms with Gasteiger partial charge < -0.3 is 4.98 Å². The van der Waals surface area contributed by atoms with Crippen molar-refractivity contribution >= 4 is 43.8 Å². The van der Waals surface area contributed by atoms with Gasteiger partial charge in [0.25, 0.3) is 0 Å². The molecule has 38 heavy (non-hydrogen) atoms. The maximum atomic E-state index is 5.05. The van der Waals surface area contributed by atoms with Crippen LogP contribution in [0.15, 0.2) is 84.1 Å². The number of hydrogen-bond acceptors (Lipinski definition) is 3. The van der Waals surface area contributed by atoms with Crippen molar-refractivity contribution in [2.24, 2.45) is 10.9 Å². The van der Waals surface area contributed by atoms with E-state index >= 15 is 0 Å². The predicted octanol–water partition coefficient (Wildman–Crippen LogP) is 9.01. The first-order valence-corrected chi connectivity index (χ1v) is 13.5. The molecular formula is C34H30N4. The highest BCUT2D eigenvalue weighted by Gasteiger charge is 2.23. The number of nitrogens with one attached hydrogen (secondary N) is 1. The maximum absolute atomic E-state index is 5.05. The van der Waals surface area contributed by atoms with Gasteiger partial charge in [0.1, 0.15) is 5.82 Å².